The molecule has 1 aromatic rings. The molecular formula is C28H39NS. The molecule has 0 unspecified atom stereocenters. The molecular weight excluding hydrogens is 382 g/mol. The predicted molar refractivity (Wildman–Crippen MR) is 141 cm³/mol. The SMILES string of the molecule is C=C/C=C(\C=C(/C)c1cc(C(C)(C)C)ccc1NC(=C)/C(=C\C)C(C)=S)C(C)(C)C. The second-order valence-corrected chi connectivity index (χ2v) is 10.4. The summed E-state index contributed by atoms with van der Waals surface area (Å²) in [6.07, 6.45) is 8.22. The van der Waals surface area contributed by atoms with E-state index in [1.165, 1.54) is 22.3 Å². The van der Waals surface area contributed by atoms with Gasteiger partial charge in [-0.25, -0.2) is 0 Å². The van der Waals surface area contributed by atoms with Crippen molar-refractivity contribution < 1.29 is 0 Å². The Hall–Kier alpha value is -2.19. The summed E-state index contributed by atoms with van der Waals surface area (Å²) in [5.41, 5.74) is 7.81. The summed E-state index contributed by atoms with van der Waals surface area (Å²) in [6.45, 7) is 27.6. The van der Waals surface area contributed by atoms with E-state index in [2.05, 4.69) is 97.3 Å². The number of benzene rings is 1. The van der Waals surface area contributed by atoms with E-state index in [4.69, 9.17) is 12.2 Å². The molecule has 1 nitrogen and oxygen atoms in total. The van der Waals surface area contributed by atoms with Gasteiger partial charge in [0.2, 0.25) is 0 Å². The lowest BCUT2D eigenvalue weighted by Gasteiger charge is -2.24. The Kier molecular flexibility index (Phi) is 8.80. The quantitative estimate of drug-likeness (QED) is 0.268. The van der Waals surface area contributed by atoms with Gasteiger partial charge in [-0.1, -0.05) is 97.3 Å². The summed E-state index contributed by atoms with van der Waals surface area (Å²) < 4.78 is 0. The molecule has 0 spiro atoms. The zero-order valence-corrected chi connectivity index (χ0v) is 21.2. The monoisotopic (exact) mass is 421 g/mol. The first-order valence-electron chi connectivity index (χ1n) is 10.5. The average molecular weight is 422 g/mol. The summed E-state index contributed by atoms with van der Waals surface area (Å²) in [4.78, 5) is 0.832. The second-order valence-electron chi connectivity index (χ2n) is 9.81. The number of hydrogen-bond donors (Lipinski definition) is 1. The van der Waals surface area contributed by atoms with Gasteiger partial charge in [0.1, 0.15) is 0 Å². The highest BCUT2D eigenvalue weighted by Gasteiger charge is 2.19. The Morgan fingerprint density at radius 1 is 1.07 bits per heavy atom. The average Bonchev–Trinajstić information content (AvgIpc) is 2.60. The highest BCUT2D eigenvalue weighted by atomic mass is 32.1. The largest absolute Gasteiger partial charge is 0.355 e. The van der Waals surface area contributed by atoms with Crippen LogP contribution in [0.3, 0.4) is 0 Å². The molecule has 0 saturated heterocycles. The Morgan fingerprint density at radius 2 is 1.67 bits per heavy atom. The van der Waals surface area contributed by atoms with Crippen molar-refractivity contribution in [1.82, 2.24) is 0 Å². The van der Waals surface area contributed by atoms with Crippen molar-refractivity contribution in [1.29, 1.82) is 0 Å². The van der Waals surface area contributed by atoms with Crippen LogP contribution in [-0.4, -0.2) is 4.86 Å². The maximum Gasteiger partial charge on any atom is 0.0460 e. The van der Waals surface area contributed by atoms with Crippen LogP contribution in [0.2, 0.25) is 0 Å². The number of anilines is 1. The third-order valence-corrected chi connectivity index (χ3v) is 5.34. The van der Waals surface area contributed by atoms with Gasteiger partial charge in [-0.2, -0.15) is 0 Å². The van der Waals surface area contributed by atoms with Crippen LogP contribution in [0, 0.1) is 5.41 Å². The van der Waals surface area contributed by atoms with Gasteiger partial charge in [0.05, 0.1) is 0 Å². The molecule has 0 aromatic heterocycles. The lowest BCUT2D eigenvalue weighted by Crippen LogP contribution is -2.13. The van der Waals surface area contributed by atoms with E-state index in [-0.39, 0.29) is 10.8 Å². The van der Waals surface area contributed by atoms with Gasteiger partial charge in [0.25, 0.3) is 0 Å². The third-order valence-electron chi connectivity index (χ3n) is 5.12. The zero-order chi connectivity index (χ0) is 23.3. The Morgan fingerprint density at radius 3 is 2.10 bits per heavy atom. The van der Waals surface area contributed by atoms with Crippen LogP contribution in [0.15, 0.2) is 72.5 Å². The normalized spacial score (nSPS) is 13.8. The molecule has 30 heavy (non-hydrogen) atoms. The van der Waals surface area contributed by atoms with Crippen LogP contribution < -0.4 is 5.32 Å². The van der Waals surface area contributed by atoms with Crippen molar-refractivity contribution in [3.63, 3.8) is 0 Å². The van der Waals surface area contributed by atoms with Gasteiger partial charge in [-0.15, -0.1) is 0 Å². The third kappa shape index (κ3) is 6.95. The van der Waals surface area contributed by atoms with E-state index in [0.717, 1.165) is 21.8 Å². The maximum absolute atomic E-state index is 5.39. The molecule has 0 bridgehead atoms. The first kappa shape index (κ1) is 25.8. The van der Waals surface area contributed by atoms with Gasteiger partial charge in [-0.05, 0) is 60.4 Å². The van der Waals surface area contributed by atoms with Crippen LogP contribution >= 0.6 is 12.2 Å². The minimum atomic E-state index is 0.0286. The molecule has 0 radical (unpaired) electrons. The summed E-state index contributed by atoms with van der Waals surface area (Å²) in [5.74, 6) is 0. The van der Waals surface area contributed by atoms with Crippen LogP contribution in [0.5, 0.6) is 0 Å². The van der Waals surface area contributed by atoms with Gasteiger partial charge in [0.15, 0.2) is 0 Å². The smallest absolute Gasteiger partial charge is 0.0460 e. The van der Waals surface area contributed by atoms with E-state index in [9.17, 15) is 0 Å². The minimum absolute atomic E-state index is 0.0286. The van der Waals surface area contributed by atoms with E-state index >= 15 is 0 Å². The lowest BCUT2D eigenvalue weighted by molar-refractivity contribution is 0.517. The van der Waals surface area contributed by atoms with Crippen molar-refractivity contribution in [2.45, 2.75) is 67.7 Å². The highest BCUT2D eigenvalue weighted by Crippen LogP contribution is 2.35. The molecule has 0 atom stereocenters. The number of nitrogens with one attached hydrogen (secondary N) is 1. The van der Waals surface area contributed by atoms with Crippen LogP contribution in [0.1, 0.15) is 73.4 Å². The number of thiocarbonyl (C=S) groups is 1. The molecule has 162 valence electrons. The molecule has 0 fully saturated rings. The molecule has 2 heteroatoms. The van der Waals surface area contributed by atoms with Crippen molar-refractivity contribution in [2.24, 2.45) is 5.41 Å². The second kappa shape index (κ2) is 10.2. The molecule has 0 aliphatic carbocycles. The standard InChI is InChI=1S/C28H39NS/c1-12-14-22(27(6,7)8)17-19(3)25-18-23(28(9,10)11)15-16-26(25)29-20(4)24(13-2)21(5)30/h12-18,29H,1,4H2,2-3,5-11H3/b19-17+,22-14+,24-13+. The van der Waals surface area contributed by atoms with Crippen LogP contribution in [0.25, 0.3) is 5.57 Å². The molecule has 0 aliphatic rings. The van der Waals surface area contributed by atoms with E-state index in [1.807, 2.05) is 26.0 Å². The molecule has 0 amide bonds. The summed E-state index contributed by atoms with van der Waals surface area (Å²) in [6, 6.07) is 6.63. The summed E-state index contributed by atoms with van der Waals surface area (Å²) >= 11 is 5.39. The Balaban J connectivity index is 3.61. The van der Waals surface area contributed by atoms with Gasteiger partial charge in [0, 0.05) is 27.4 Å². The highest BCUT2D eigenvalue weighted by molar-refractivity contribution is 7.80. The number of hydrogen-bond acceptors (Lipinski definition) is 2. The number of rotatable bonds is 7. The predicted octanol–water partition coefficient (Wildman–Crippen LogP) is 8.81. The Labute approximate surface area is 190 Å². The van der Waals surface area contributed by atoms with E-state index in [0.29, 0.717) is 0 Å². The first-order valence-corrected chi connectivity index (χ1v) is 10.9. The fraction of sp³-hybridized carbons (Fsp3) is 0.393. The van der Waals surface area contributed by atoms with E-state index in [1.54, 1.807) is 0 Å². The zero-order valence-electron chi connectivity index (χ0n) is 20.4. The van der Waals surface area contributed by atoms with Crippen molar-refractivity contribution in [2.75, 3.05) is 5.32 Å². The molecule has 1 N–H and O–H groups in total. The van der Waals surface area contributed by atoms with Gasteiger partial charge >= 0.3 is 0 Å². The number of allylic oxidation sites excluding steroid dienone is 7. The fourth-order valence-electron chi connectivity index (χ4n) is 3.22. The van der Waals surface area contributed by atoms with Crippen molar-refractivity contribution >= 4 is 28.3 Å². The van der Waals surface area contributed by atoms with Crippen LogP contribution in [-0.2, 0) is 5.41 Å². The molecule has 1 rings (SSSR count). The van der Waals surface area contributed by atoms with Crippen molar-refractivity contribution in [3.05, 3.63) is 83.6 Å². The summed E-state index contributed by atoms with van der Waals surface area (Å²) in [7, 11) is 0. The Bertz CT molecular complexity index is 909. The van der Waals surface area contributed by atoms with Gasteiger partial charge < -0.3 is 5.32 Å². The topological polar surface area (TPSA) is 12.0 Å². The fourth-order valence-corrected chi connectivity index (χ4v) is 3.46. The molecule has 0 aliphatic heterocycles. The molecule has 0 heterocycles. The van der Waals surface area contributed by atoms with E-state index < -0.39 is 0 Å². The summed E-state index contributed by atoms with van der Waals surface area (Å²) in [5, 5.41) is 3.52. The van der Waals surface area contributed by atoms with Crippen molar-refractivity contribution in [3.8, 4) is 0 Å². The first-order chi connectivity index (χ1) is 13.7. The maximum atomic E-state index is 5.39. The van der Waals surface area contributed by atoms with Crippen LogP contribution in [0.4, 0.5) is 5.69 Å². The molecule has 0 saturated carbocycles. The lowest BCUT2D eigenvalue weighted by atomic mass is 9.82. The minimum Gasteiger partial charge on any atom is -0.355 e. The molecule has 1 aromatic carbocycles. The van der Waals surface area contributed by atoms with Gasteiger partial charge in [-0.3, -0.25) is 0 Å².